The summed E-state index contributed by atoms with van der Waals surface area (Å²) in [4.78, 5) is 23.3. The minimum atomic E-state index is -1.90. The van der Waals surface area contributed by atoms with Crippen LogP contribution in [0.15, 0.2) is 41.3 Å². The van der Waals surface area contributed by atoms with E-state index in [4.69, 9.17) is 5.11 Å². The van der Waals surface area contributed by atoms with Crippen molar-refractivity contribution >= 4 is 34.5 Å². The molecule has 1 atom stereocenters. The number of nitrogens with one attached hydrogen (secondary N) is 1. The summed E-state index contributed by atoms with van der Waals surface area (Å²) >= 11 is 0. The Hall–Kier alpha value is -2.87. The van der Waals surface area contributed by atoms with E-state index in [-0.39, 0.29) is 27.3 Å². The quantitative estimate of drug-likeness (QED) is 0.817. The van der Waals surface area contributed by atoms with Crippen LogP contribution < -0.4 is 4.72 Å². The maximum atomic E-state index is 13.3. The van der Waals surface area contributed by atoms with E-state index >= 15 is 0 Å². The van der Waals surface area contributed by atoms with E-state index in [9.17, 15) is 22.6 Å². The topological polar surface area (TPSA) is 83.5 Å². The van der Waals surface area contributed by atoms with Crippen molar-refractivity contribution < 1.29 is 27.7 Å². The van der Waals surface area contributed by atoms with Crippen LogP contribution in [0.1, 0.15) is 26.3 Å². The lowest BCUT2D eigenvalue weighted by atomic mass is 10.0. The van der Waals surface area contributed by atoms with E-state index < -0.39 is 34.4 Å². The molecule has 1 aliphatic heterocycles. The third-order valence-corrected chi connectivity index (χ3v) is 4.49. The van der Waals surface area contributed by atoms with Gasteiger partial charge in [0.25, 0.3) is 0 Å². The first-order chi connectivity index (χ1) is 11.4. The van der Waals surface area contributed by atoms with Crippen LogP contribution in [0.2, 0.25) is 0 Å². The van der Waals surface area contributed by atoms with Crippen molar-refractivity contribution in [3.8, 4) is 0 Å². The summed E-state index contributed by atoms with van der Waals surface area (Å²) in [5, 5.41) is 9.00. The van der Waals surface area contributed by atoms with Crippen LogP contribution in [0, 0.1) is 11.6 Å². The van der Waals surface area contributed by atoms with Crippen LogP contribution in [-0.2, 0) is 11.0 Å². The van der Waals surface area contributed by atoms with Gasteiger partial charge in [-0.3, -0.25) is 4.79 Å². The number of anilines is 1. The predicted octanol–water partition coefficient (Wildman–Crippen LogP) is 2.98. The molecular formula is C16H9F2NO4S. The second kappa shape index (κ2) is 5.97. The van der Waals surface area contributed by atoms with E-state index in [1.165, 1.54) is 30.3 Å². The number of hydrogen-bond acceptors (Lipinski definition) is 3. The second-order valence-corrected chi connectivity index (χ2v) is 6.13. The van der Waals surface area contributed by atoms with Gasteiger partial charge in [0, 0.05) is 5.56 Å². The molecule has 0 saturated heterocycles. The smallest absolute Gasteiger partial charge is 0.335 e. The number of carbonyl (C=O) groups excluding carboxylic acids is 1. The molecule has 2 N–H and O–H groups in total. The number of carboxylic acid groups (broad SMARTS) is 1. The van der Waals surface area contributed by atoms with E-state index in [2.05, 4.69) is 4.72 Å². The van der Waals surface area contributed by atoms with Gasteiger partial charge in [0.05, 0.1) is 11.3 Å². The van der Waals surface area contributed by atoms with Gasteiger partial charge in [0.1, 0.15) is 4.91 Å². The van der Waals surface area contributed by atoms with Gasteiger partial charge in [-0.25, -0.2) is 17.8 Å². The summed E-state index contributed by atoms with van der Waals surface area (Å²) in [6.45, 7) is 0. The van der Waals surface area contributed by atoms with Gasteiger partial charge in [-0.1, -0.05) is 6.07 Å². The fourth-order valence-electron chi connectivity index (χ4n) is 2.20. The third-order valence-electron chi connectivity index (χ3n) is 3.38. The molecule has 0 aliphatic carbocycles. The maximum Gasteiger partial charge on any atom is 0.335 e. The third kappa shape index (κ3) is 2.83. The second-order valence-electron chi connectivity index (χ2n) is 4.95. The minimum Gasteiger partial charge on any atom is -0.478 e. The lowest BCUT2D eigenvalue weighted by Crippen LogP contribution is -2.23. The molecule has 0 spiro atoms. The molecule has 1 unspecified atom stereocenters. The van der Waals surface area contributed by atoms with Gasteiger partial charge < -0.3 is 9.83 Å². The highest BCUT2D eigenvalue weighted by molar-refractivity contribution is 7.91. The minimum absolute atomic E-state index is 0.0448. The highest BCUT2D eigenvalue weighted by Gasteiger charge is 2.28. The fourth-order valence-corrected chi connectivity index (χ4v) is 3.21. The molecule has 1 heterocycles. The first-order valence-electron chi connectivity index (χ1n) is 6.64. The highest BCUT2D eigenvalue weighted by atomic mass is 32.2. The summed E-state index contributed by atoms with van der Waals surface area (Å²) in [6.07, 6.45) is 1.17. The molecule has 2 aromatic carbocycles. The monoisotopic (exact) mass is 349 g/mol. The van der Waals surface area contributed by atoms with E-state index in [0.717, 1.165) is 12.1 Å². The number of allylic oxidation sites excluding steroid dienone is 1. The number of benzene rings is 2. The Kier molecular flexibility index (Phi) is 3.98. The molecule has 122 valence electrons. The molecule has 0 saturated carbocycles. The van der Waals surface area contributed by atoms with Gasteiger partial charge >= 0.3 is 5.97 Å². The number of fused-ring (bicyclic) bond motifs is 1. The maximum absolute atomic E-state index is 13.3. The van der Waals surface area contributed by atoms with Crippen molar-refractivity contribution in [2.24, 2.45) is 0 Å². The SMILES string of the molecule is O=C(O)c1ccc2c(c1)C(=O)/C(=C/c1ccc(F)c(F)c1)S(=O)N2. The van der Waals surface area contributed by atoms with Crippen LogP contribution in [0.5, 0.6) is 0 Å². The van der Waals surface area contributed by atoms with Crippen LogP contribution in [0.25, 0.3) is 6.08 Å². The van der Waals surface area contributed by atoms with Crippen LogP contribution in [0.4, 0.5) is 14.5 Å². The van der Waals surface area contributed by atoms with Crippen LogP contribution in [-0.4, -0.2) is 21.1 Å². The van der Waals surface area contributed by atoms with Crippen molar-refractivity contribution in [2.75, 3.05) is 4.72 Å². The number of hydrogen-bond donors (Lipinski definition) is 2. The Morgan fingerprint density at radius 2 is 1.88 bits per heavy atom. The first-order valence-corrected chi connectivity index (χ1v) is 7.79. The van der Waals surface area contributed by atoms with Crippen molar-refractivity contribution in [3.63, 3.8) is 0 Å². The number of ketones is 1. The van der Waals surface area contributed by atoms with Crippen LogP contribution in [0.3, 0.4) is 0 Å². The molecule has 0 fully saturated rings. The number of carbonyl (C=O) groups is 2. The molecule has 1 aliphatic rings. The largest absolute Gasteiger partial charge is 0.478 e. The predicted molar refractivity (Wildman–Crippen MR) is 83.8 cm³/mol. The van der Waals surface area contributed by atoms with Crippen molar-refractivity contribution in [1.82, 2.24) is 0 Å². The molecule has 0 aromatic heterocycles. The average molecular weight is 349 g/mol. The van der Waals surface area contributed by atoms with Gasteiger partial charge in [-0.2, -0.15) is 0 Å². The number of aromatic carboxylic acids is 1. The number of halogens is 2. The highest BCUT2D eigenvalue weighted by Crippen LogP contribution is 2.29. The zero-order valence-corrected chi connectivity index (χ0v) is 12.7. The summed E-state index contributed by atoms with van der Waals surface area (Å²) in [6, 6.07) is 6.80. The normalized spacial score (nSPS) is 18.2. The van der Waals surface area contributed by atoms with Crippen molar-refractivity contribution in [1.29, 1.82) is 0 Å². The Morgan fingerprint density at radius 1 is 1.12 bits per heavy atom. The first kappa shape index (κ1) is 16.0. The number of carboxylic acids is 1. The zero-order chi connectivity index (χ0) is 17.4. The van der Waals surface area contributed by atoms with Gasteiger partial charge in [-0.15, -0.1) is 0 Å². The summed E-state index contributed by atoms with van der Waals surface area (Å²) in [5.74, 6) is -3.99. The molecule has 2 aromatic rings. The number of Topliss-reactive ketones (excluding diaryl/α,β-unsaturated/α-hetero) is 1. The Bertz CT molecular complexity index is 940. The fraction of sp³-hybridized carbons (Fsp3) is 0. The zero-order valence-electron chi connectivity index (χ0n) is 11.9. The molecular weight excluding hydrogens is 340 g/mol. The molecule has 0 bridgehead atoms. The molecule has 3 rings (SSSR count). The molecule has 24 heavy (non-hydrogen) atoms. The lowest BCUT2D eigenvalue weighted by Gasteiger charge is -2.19. The Morgan fingerprint density at radius 3 is 2.54 bits per heavy atom. The van der Waals surface area contributed by atoms with Gasteiger partial charge in [-0.05, 0) is 42.0 Å². The van der Waals surface area contributed by atoms with Crippen LogP contribution >= 0.6 is 0 Å². The van der Waals surface area contributed by atoms with E-state index in [1.54, 1.807) is 0 Å². The Labute approximate surface area is 137 Å². The van der Waals surface area contributed by atoms with E-state index in [0.29, 0.717) is 0 Å². The molecule has 8 heteroatoms. The molecule has 5 nitrogen and oxygen atoms in total. The summed E-state index contributed by atoms with van der Waals surface area (Å²) in [5.41, 5.74) is 0.350. The standard InChI is InChI=1S/C16H9F2NO4S/c17-11-3-1-8(5-12(11)18)6-14-15(20)10-7-9(16(21)22)2-4-13(10)19-24(14)23/h1-7,19H,(H,21,22)/b14-6-. The van der Waals surface area contributed by atoms with Gasteiger partial charge in [0.2, 0.25) is 5.78 Å². The van der Waals surface area contributed by atoms with Crippen molar-refractivity contribution in [2.45, 2.75) is 0 Å². The number of rotatable bonds is 2. The Balaban J connectivity index is 2.07. The van der Waals surface area contributed by atoms with E-state index in [1.807, 2.05) is 0 Å². The van der Waals surface area contributed by atoms with Gasteiger partial charge in [0.15, 0.2) is 22.6 Å². The molecule has 0 amide bonds. The average Bonchev–Trinajstić information content (AvgIpc) is 2.54. The summed E-state index contributed by atoms with van der Waals surface area (Å²) < 4.78 is 41.0. The van der Waals surface area contributed by atoms with Crippen molar-refractivity contribution in [3.05, 3.63) is 69.6 Å². The summed E-state index contributed by atoms with van der Waals surface area (Å²) in [7, 11) is -1.90. The molecule has 0 radical (unpaired) electrons. The lowest BCUT2D eigenvalue weighted by molar-refractivity contribution is 0.0697.